The zero-order chi connectivity index (χ0) is 10.4. The first-order chi connectivity index (χ1) is 6.72. The minimum absolute atomic E-state index is 0.157. The SMILES string of the molecule is CCOC(=O)CNc1cc(C)ccn1. The van der Waals surface area contributed by atoms with Gasteiger partial charge in [0.25, 0.3) is 0 Å². The molecular weight excluding hydrogens is 180 g/mol. The van der Waals surface area contributed by atoms with Crippen LogP contribution in [0.25, 0.3) is 0 Å². The van der Waals surface area contributed by atoms with Crippen LogP contribution in [0.2, 0.25) is 0 Å². The minimum atomic E-state index is -0.268. The second-order valence-corrected chi connectivity index (χ2v) is 2.88. The first-order valence-electron chi connectivity index (χ1n) is 4.54. The molecule has 0 aliphatic heterocycles. The van der Waals surface area contributed by atoms with Gasteiger partial charge in [0.1, 0.15) is 12.4 Å². The van der Waals surface area contributed by atoms with Gasteiger partial charge in [-0.25, -0.2) is 4.98 Å². The van der Waals surface area contributed by atoms with Gasteiger partial charge in [-0.3, -0.25) is 4.79 Å². The van der Waals surface area contributed by atoms with Crippen molar-refractivity contribution in [1.29, 1.82) is 0 Å². The van der Waals surface area contributed by atoms with E-state index in [9.17, 15) is 4.79 Å². The van der Waals surface area contributed by atoms with E-state index in [4.69, 9.17) is 4.74 Å². The van der Waals surface area contributed by atoms with E-state index in [-0.39, 0.29) is 12.5 Å². The Morgan fingerprint density at radius 1 is 1.64 bits per heavy atom. The molecule has 4 nitrogen and oxygen atoms in total. The number of nitrogens with zero attached hydrogens (tertiary/aromatic N) is 1. The third-order valence-electron chi connectivity index (χ3n) is 1.63. The molecular formula is C10H14N2O2. The van der Waals surface area contributed by atoms with Crippen LogP contribution >= 0.6 is 0 Å². The predicted molar refractivity (Wildman–Crippen MR) is 54.1 cm³/mol. The molecule has 0 radical (unpaired) electrons. The molecule has 4 heteroatoms. The summed E-state index contributed by atoms with van der Waals surface area (Å²) in [6.07, 6.45) is 1.70. The largest absolute Gasteiger partial charge is 0.465 e. The Labute approximate surface area is 83.3 Å². The summed E-state index contributed by atoms with van der Waals surface area (Å²) in [5, 5.41) is 2.88. The van der Waals surface area contributed by atoms with Gasteiger partial charge in [-0.05, 0) is 31.5 Å². The van der Waals surface area contributed by atoms with E-state index >= 15 is 0 Å². The number of carbonyl (C=O) groups is 1. The highest BCUT2D eigenvalue weighted by atomic mass is 16.5. The van der Waals surface area contributed by atoms with Crippen LogP contribution in [0, 0.1) is 6.92 Å². The molecule has 0 aliphatic rings. The van der Waals surface area contributed by atoms with Crippen LogP contribution in [0.5, 0.6) is 0 Å². The van der Waals surface area contributed by atoms with Crippen molar-refractivity contribution in [3.63, 3.8) is 0 Å². The average molecular weight is 194 g/mol. The Bertz CT molecular complexity index is 313. The molecule has 1 rings (SSSR count). The lowest BCUT2D eigenvalue weighted by Gasteiger charge is -2.05. The van der Waals surface area contributed by atoms with Gasteiger partial charge in [0, 0.05) is 6.20 Å². The number of anilines is 1. The normalized spacial score (nSPS) is 9.57. The molecule has 1 aromatic rings. The Kier molecular flexibility index (Phi) is 3.91. The molecule has 0 bridgehead atoms. The quantitative estimate of drug-likeness (QED) is 0.735. The lowest BCUT2D eigenvalue weighted by Crippen LogP contribution is -2.17. The van der Waals surface area contributed by atoms with Gasteiger partial charge in [-0.15, -0.1) is 0 Å². The fourth-order valence-corrected chi connectivity index (χ4v) is 1.01. The highest BCUT2D eigenvalue weighted by molar-refractivity contribution is 5.74. The Hall–Kier alpha value is -1.58. The van der Waals surface area contributed by atoms with E-state index in [1.807, 2.05) is 19.1 Å². The lowest BCUT2D eigenvalue weighted by molar-refractivity contribution is -0.140. The van der Waals surface area contributed by atoms with Crippen LogP contribution in [0.4, 0.5) is 5.82 Å². The van der Waals surface area contributed by atoms with Crippen LogP contribution in [0.15, 0.2) is 18.3 Å². The van der Waals surface area contributed by atoms with Crippen molar-refractivity contribution >= 4 is 11.8 Å². The summed E-state index contributed by atoms with van der Waals surface area (Å²) >= 11 is 0. The third kappa shape index (κ3) is 3.43. The summed E-state index contributed by atoms with van der Waals surface area (Å²) in [7, 11) is 0. The molecule has 0 unspecified atom stereocenters. The van der Waals surface area contributed by atoms with Crippen LogP contribution in [-0.2, 0) is 9.53 Å². The molecule has 14 heavy (non-hydrogen) atoms. The number of carbonyl (C=O) groups excluding carboxylic acids is 1. The number of ether oxygens (including phenoxy) is 1. The van der Waals surface area contributed by atoms with E-state index < -0.39 is 0 Å². The molecule has 76 valence electrons. The standard InChI is InChI=1S/C10H14N2O2/c1-3-14-10(13)7-12-9-6-8(2)4-5-11-9/h4-6H,3,7H2,1-2H3,(H,11,12). The molecule has 0 saturated heterocycles. The molecule has 1 aromatic heterocycles. The molecule has 0 aromatic carbocycles. The average Bonchev–Trinajstić information content (AvgIpc) is 2.15. The molecule has 0 saturated carbocycles. The van der Waals surface area contributed by atoms with Crippen molar-refractivity contribution < 1.29 is 9.53 Å². The smallest absolute Gasteiger partial charge is 0.325 e. The minimum Gasteiger partial charge on any atom is -0.465 e. The van der Waals surface area contributed by atoms with E-state index in [0.29, 0.717) is 12.4 Å². The number of aryl methyl sites for hydroxylation is 1. The fraction of sp³-hybridized carbons (Fsp3) is 0.400. The summed E-state index contributed by atoms with van der Waals surface area (Å²) in [4.78, 5) is 15.0. The maximum Gasteiger partial charge on any atom is 0.325 e. The van der Waals surface area contributed by atoms with E-state index in [1.165, 1.54) is 0 Å². The molecule has 1 heterocycles. The number of hydrogen-bond donors (Lipinski definition) is 1. The summed E-state index contributed by atoms with van der Waals surface area (Å²) in [6.45, 7) is 4.31. The number of aromatic nitrogens is 1. The van der Waals surface area contributed by atoms with Crippen molar-refractivity contribution in [3.8, 4) is 0 Å². The van der Waals surface area contributed by atoms with Gasteiger partial charge in [-0.1, -0.05) is 0 Å². The van der Waals surface area contributed by atoms with Crippen molar-refractivity contribution in [1.82, 2.24) is 4.98 Å². The monoisotopic (exact) mass is 194 g/mol. The number of esters is 1. The van der Waals surface area contributed by atoms with Gasteiger partial charge in [0.2, 0.25) is 0 Å². The van der Waals surface area contributed by atoms with Crippen LogP contribution in [0.3, 0.4) is 0 Å². The Morgan fingerprint density at radius 2 is 2.43 bits per heavy atom. The zero-order valence-electron chi connectivity index (χ0n) is 8.41. The first-order valence-corrected chi connectivity index (χ1v) is 4.54. The lowest BCUT2D eigenvalue weighted by atomic mass is 10.3. The van der Waals surface area contributed by atoms with E-state index in [0.717, 1.165) is 5.56 Å². The fourth-order valence-electron chi connectivity index (χ4n) is 1.01. The zero-order valence-corrected chi connectivity index (χ0v) is 8.41. The maximum absolute atomic E-state index is 11.0. The Balaban J connectivity index is 2.41. The summed E-state index contributed by atoms with van der Waals surface area (Å²) in [5.41, 5.74) is 1.10. The highest BCUT2D eigenvalue weighted by Gasteiger charge is 2.01. The topological polar surface area (TPSA) is 51.2 Å². The first kappa shape index (κ1) is 10.5. The number of pyridine rings is 1. The maximum atomic E-state index is 11.0. The summed E-state index contributed by atoms with van der Waals surface area (Å²) in [5.74, 6) is 0.425. The van der Waals surface area contributed by atoms with Crippen LogP contribution < -0.4 is 5.32 Å². The number of hydrogen-bond acceptors (Lipinski definition) is 4. The second-order valence-electron chi connectivity index (χ2n) is 2.88. The third-order valence-corrected chi connectivity index (χ3v) is 1.63. The molecule has 0 aliphatic carbocycles. The van der Waals surface area contributed by atoms with E-state index in [2.05, 4.69) is 10.3 Å². The predicted octanol–water partition coefficient (Wildman–Crippen LogP) is 1.37. The van der Waals surface area contributed by atoms with Crippen molar-refractivity contribution in [2.24, 2.45) is 0 Å². The molecule has 0 atom stereocenters. The van der Waals surface area contributed by atoms with Gasteiger partial charge in [0.15, 0.2) is 0 Å². The summed E-state index contributed by atoms with van der Waals surface area (Å²) < 4.78 is 4.76. The van der Waals surface area contributed by atoms with Crippen LogP contribution in [-0.4, -0.2) is 24.1 Å². The van der Waals surface area contributed by atoms with Gasteiger partial charge in [0.05, 0.1) is 6.61 Å². The highest BCUT2D eigenvalue weighted by Crippen LogP contribution is 2.04. The van der Waals surface area contributed by atoms with Gasteiger partial charge in [-0.2, -0.15) is 0 Å². The molecule has 0 fully saturated rings. The van der Waals surface area contributed by atoms with Gasteiger partial charge >= 0.3 is 5.97 Å². The Morgan fingerprint density at radius 3 is 3.07 bits per heavy atom. The number of nitrogens with one attached hydrogen (secondary N) is 1. The van der Waals surface area contributed by atoms with Gasteiger partial charge < -0.3 is 10.1 Å². The number of rotatable bonds is 4. The molecule has 0 amide bonds. The van der Waals surface area contributed by atoms with Crippen LogP contribution in [0.1, 0.15) is 12.5 Å². The van der Waals surface area contributed by atoms with Crippen molar-refractivity contribution in [3.05, 3.63) is 23.9 Å². The molecule has 0 spiro atoms. The molecule has 1 N–H and O–H groups in total. The van der Waals surface area contributed by atoms with E-state index in [1.54, 1.807) is 13.1 Å². The van der Waals surface area contributed by atoms with Crippen molar-refractivity contribution in [2.45, 2.75) is 13.8 Å². The van der Waals surface area contributed by atoms with Crippen molar-refractivity contribution in [2.75, 3.05) is 18.5 Å². The summed E-state index contributed by atoms with van der Waals surface area (Å²) in [6, 6.07) is 3.77. The second kappa shape index (κ2) is 5.21.